The predicted molar refractivity (Wildman–Crippen MR) is 125 cm³/mol. The van der Waals surface area contributed by atoms with Crippen LogP contribution in [-0.4, -0.2) is 79.1 Å². The number of ether oxygens (including phenoxy) is 3. The number of carboxylic acids is 1. The summed E-state index contributed by atoms with van der Waals surface area (Å²) in [5, 5.41) is 12.2. The van der Waals surface area contributed by atoms with Crippen LogP contribution in [0.1, 0.15) is 29.9 Å². The fourth-order valence-corrected chi connectivity index (χ4v) is 5.55. The van der Waals surface area contributed by atoms with E-state index in [1.165, 1.54) is 12.0 Å². The van der Waals surface area contributed by atoms with Crippen molar-refractivity contribution in [2.75, 3.05) is 26.9 Å². The maximum absolute atomic E-state index is 13.2. The Kier molecular flexibility index (Phi) is 6.44. The Hall–Kier alpha value is -3.43. The topological polar surface area (TPSA) is 114 Å². The van der Waals surface area contributed by atoms with E-state index < -0.39 is 30.1 Å². The van der Waals surface area contributed by atoms with Crippen molar-refractivity contribution in [1.82, 2.24) is 10.2 Å². The van der Waals surface area contributed by atoms with Crippen molar-refractivity contribution in [2.45, 2.75) is 43.1 Å². The van der Waals surface area contributed by atoms with E-state index in [1.54, 1.807) is 0 Å². The van der Waals surface area contributed by atoms with E-state index in [1.807, 2.05) is 36.4 Å². The summed E-state index contributed by atoms with van der Waals surface area (Å²) in [5.74, 6) is -1.62. The third kappa shape index (κ3) is 4.26. The van der Waals surface area contributed by atoms with Gasteiger partial charge in [-0.25, -0.2) is 9.59 Å². The fraction of sp³-hybridized carbons (Fsp3) is 0.423. The van der Waals surface area contributed by atoms with Crippen LogP contribution in [0, 0.1) is 0 Å². The molecule has 4 unspecified atom stereocenters. The smallest absolute Gasteiger partial charge is 0.407 e. The third-order valence-electron chi connectivity index (χ3n) is 7.20. The molecule has 4 atom stereocenters. The van der Waals surface area contributed by atoms with E-state index in [0.717, 1.165) is 22.3 Å². The van der Waals surface area contributed by atoms with Crippen molar-refractivity contribution in [3.8, 4) is 11.1 Å². The second-order valence-electron chi connectivity index (χ2n) is 9.03. The molecule has 2 amide bonds. The molecule has 5 rings (SSSR count). The van der Waals surface area contributed by atoms with Crippen molar-refractivity contribution < 1.29 is 33.7 Å². The zero-order chi connectivity index (χ0) is 24.5. The van der Waals surface area contributed by atoms with Gasteiger partial charge in [-0.3, -0.25) is 4.79 Å². The Morgan fingerprint density at radius 2 is 1.77 bits per heavy atom. The average Bonchev–Trinajstić information content (AvgIpc) is 3.54. The minimum Gasteiger partial charge on any atom is -0.480 e. The Labute approximate surface area is 203 Å². The van der Waals surface area contributed by atoms with Crippen LogP contribution in [0.4, 0.5) is 4.79 Å². The van der Waals surface area contributed by atoms with Crippen molar-refractivity contribution >= 4 is 18.0 Å². The fourth-order valence-electron chi connectivity index (χ4n) is 5.55. The van der Waals surface area contributed by atoms with E-state index in [0.29, 0.717) is 13.0 Å². The Morgan fingerprint density at radius 3 is 2.40 bits per heavy atom. The molecule has 0 aromatic heterocycles. The molecule has 2 N–H and O–H groups in total. The summed E-state index contributed by atoms with van der Waals surface area (Å²) in [6.07, 6.45) is -1.15. The third-order valence-corrected chi connectivity index (χ3v) is 7.20. The number of hydrogen-bond donors (Lipinski definition) is 2. The molecule has 0 radical (unpaired) electrons. The highest BCUT2D eigenvalue weighted by Crippen LogP contribution is 2.44. The largest absolute Gasteiger partial charge is 0.480 e. The number of carboxylic acid groups (broad SMARTS) is 1. The van der Waals surface area contributed by atoms with Crippen LogP contribution in [0.15, 0.2) is 48.5 Å². The molecule has 2 aliphatic heterocycles. The van der Waals surface area contributed by atoms with Gasteiger partial charge in [0.2, 0.25) is 0 Å². The molecule has 2 aromatic rings. The second-order valence-corrected chi connectivity index (χ2v) is 9.03. The van der Waals surface area contributed by atoms with E-state index in [-0.39, 0.29) is 37.6 Å². The maximum atomic E-state index is 13.2. The number of likely N-dealkylation sites (tertiary alicyclic amines) is 1. The van der Waals surface area contributed by atoms with E-state index in [9.17, 15) is 19.5 Å². The number of fused-ring (bicyclic) bond motifs is 4. The number of carbonyl (C=O) groups excluding carboxylic acids is 2. The molecule has 2 fully saturated rings. The summed E-state index contributed by atoms with van der Waals surface area (Å²) < 4.78 is 16.4. The van der Waals surface area contributed by atoms with Gasteiger partial charge in [-0.15, -0.1) is 0 Å². The van der Waals surface area contributed by atoms with E-state index in [4.69, 9.17) is 14.2 Å². The van der Waals surface area contributed by atoms with Gasteiger partial charge < -0.3 is 29.5 Å². The Bertz CT molecular complexity index is 1090. The lowest BCUT2D eigenvalue weighted by molar-refractivity contribution is -0.154. The van der Waals surface area contributed by atoms with Crippen LogP contribution in [0.5, 0.6) is 0 Å². The molecule has 1 aliphatic carbocycles. The number of rotatable bonds is 7. The zero-order valence-corrected chi connectivity index (χ0v) is 19.4. The van der Waals surface area contributed by atoms with Gasteiger partial charge in [0.05, 0.1) is 18.7 Å². The standard InChI is InChI=1S/C26H28N2O7/c1-33-23(24(29)28-20-10-11-34-22(20)12-21(28)25(30)31)13-27-26(32)35-14-19-17-8-4-2-6-15(17)16-7-3-5-9-18(16)19/h2-9,19-23H,10-14H2,1H3,(H,27,32)(H,30,31). The number of nitrogens with one attached hydrogen (secondary N) is 1. The molecule has 2 heterocycles. The first kappa shape index (κ1) is 23.3. The first-order valence-electron chi connectivity index (χ1n) is 11.8. The minimum absolute atomic E-state index is 0.0757. The number of methoxy groups -OCH3 is 1. The molecule has 0 saturated carbocycles. The van der Waals surface area contributed by atoms with Crippen LogP contribution in [-0.2, 0) is 23.8 Å². The maximum Gasteiger partial charge on any atom is 0.407 e. The number of amides is 2. The van der Waals surface area contributed by atoms with Crippen LogP contribution >= 0.6 is 0 Å². The van der Waals surface area contributed by atoms with Crippen molar-refractivity contribution in [3.05, 3.63) is 59.7 Å². The quantitative estimate of drug-likeness (QED) is 0.625. The van der Waals surface area contributed by atoms with Crippen LogP contribution in [0.25, 0.3) is 11.1 Å². The summed E-state index contributed by atoms with van der Waals surface area (Å²) in [4.78, 5) is 38.8. The lowest BCUT2D eigenvalue weighted by Crippen LogP contribution is -2.52. The Morgan fingerprint density at radius 1 is 1.11 bits per heavy atom. The molecule has 9 heteroatoms. The summed E-state index contributed by atoms with van der Waals surface area (Å²) >= 11 is 0. The second kappa shape index (κ2) is 9.67. The van der Waals surface area contributed by atoms with Crippen molar-refractivity contribution in [3.63, 3.8) is 0 Å². The average molecular weight is 481 g/mol. The number of hydrogen-bond acceptors (Lipinski definition) is 6. The van der Waals surface area contributed by atoms with Crippen molar-refractivity contribution in [2.24, 2.45) is 0 Å². The summed E-state index contributed by atoms with van der Waals surface area (Å²) in [7, 11) is 1.36. The van der Waals surface area contributed by atoms with Gasteiger partial charge in [0.25, 0.3) is 5.91 Å². The molecular weight excluding hydrogens is 452 g/mol. The molecule has 35 heavy (non-hydrogen) atoms. The first-order chi connectivity index (χ1) is 17.0. The van der Waals surface area contributed by atoms with Gasteiger partial charge in [0.1, 0.15) is 12.6 Å². The summed E-state index contributed by atoms with van der Waals surface area (Å²) in [6, 6.07) is 14.8. The number of alkyl carbamates (subject to hydrolysis) is 1. The predicted octanol–water partition coefficient (Wildman–Crippen LogP) is 2.38. The molecule has 9 nitrogen and oxygen atoms in total. The normalized spacial score (nSPS) is 23.3. The summed E-state index contributed by atoms with van der Waals surface area (Å²) in [5.41, 5.74) is 4.48. The van der Waals surface area contributed by atoms with E-state index in [2.05, 4.69) is 17.4 Å². The van der Waals surface area contributed by atoms with Gasteiger partial charge in [-0.2, -0.15) is 0 Å². The number of benzene rings is 2. The van der Waals surface area contributed by atoms with Crippen LogP contribution in [0.3, 0.4) is 0 Å². The Balaban J connectivity index is 1.20. The van der Waals surface area contributed by atoms with Gasteiger partial charge in [-0.05, 0) is 28.7 Å². The number of nitrogens with zero attached hydrogens (tertiary/aromatic N) is 1. The molecular formula is C26H28N2O7. The first-order valence-corrected chi connectivity index (χ1v) is 11.8. The van der Waals surface area contributed by atoms with E-state index >= 15 is 0 Å². The zero-order valence-electron chi connectivity index (χ0n) is 19.4. The molecule has 0 spiro atoms. The minimum atomic E-state index is -1.07. The monoisotopic (exact) mass is 480 g/mol. The molecule has 2 saturated heterocycles. The number of carbonyl (C=O) groups is 3. The van der Waals surface area contributed by atoms with Gasteiger partial charge in [-0.1, -0.05) is 48.5 Å². The summed E-state index contributed by atoms with van der Waals surface area (Å²) in [6.45, 7) is 0.508. The highest BCUT2D eigenvalue weighted by atomic mass is 16.5. The SMILES string of the molecule is COC(CNC(=O)OCC1c2ccccc2-c2ccccc21)C(=O)N1C(C(=O)O)CC2OCCC21. The van der Waals surface area contributed by atoms with Gasteiger partial charge >= 0.3 is 12.1 Å². The highest BCUT2D eigenvalue weighted by molar-refractivity contribution is 5.88. The number of aliphatic carboxylic acids is 1. The lowest BCUT2D eigenvalue weighted by Gasteiger charge is -2.30. The van der Waals surface area contributed by atoms with Crippen LogP contribution in [0.2, 0.25) is 0 Å². The molecule has 3 aliphatic rings. The van der Waals surface area contributed by atoms with Crippen LogP contribution < -0.4 is 5.32 Å². The molecule has 2 aromatic carbocycles. The lowest BCUT2D eigenvalue weighted by atomic mass is 9.98. The van der Waals surface area contributed by atoms with Gasteiger partial charge in [0.15, 0.2) is 6.10 Å². The van der Waals surface area contributed by atoms with Gasteiger partial charge in [0, 0.05) is 26.1 Å². The van der Waals surface area contributed by atoms with Crippen molar-refractivity contribution in [1.29, 1.82) is 0 Å². The highest BCUT2D eigenvalue weighted by Gasteiger charge is 2.51. The molecule has 0 bridgehead atoms. The molecule has 184 valence electrons.